The summed E-state index contributed by atoms with van der Waals surface area (Å²) in [6.07, 6.45) is -0.262. The second-order valence-electron chi connectivity index (χ2n) is 5.90. The molecule has 0 fully saturated rings. The first-order valence-corrected chi connectivity index (χ1v) is 8.40. The van der Waals surface area contributed by atoms with Crippen molar-refractivity contribution in [1.82, 2.24) is 4.90 Å². The lowest BCUT2D eigenvalue weighted by atomic mass is 10.1. The van der Waals surface area contributed by atoms with Crippen molar-refractivity contribution in [2.24, 2.45) is 0 Å². The molecule has 0 saturated heterocycles. The number of nitriles is 1. The maximum Gasteiger partial charge on any atom is 0.338 e. The number of amides is 3. The normalized spacial score (nSPS) is 12.3. The van der Waals surface area contributed by atoms with Gasteiger partial charge in [-0.25, -0.2) is 4.79 Å². The molecule has 0 atom stereocenters. The van der Waals surface area contributed by atoms with Crippen LogP contribution < -0.4 is 5.32 Å². The Morgan fingerprint density at radius 2 is 1.61 bits per heavy atom. The Morgan fingerprint density at radius 3 is 2.18 bits per heavy atom. The zero-order chi connectivity index (χ0) is 20.1. The summed E-state index contributed by atoms with van der Waals surface area (Å²) in [6.45, 7) is -0.175. The Balaban J connectivity index is 1.53. The molecule has 0 aliphatic carbocycles. The van der Waals surface area contributed by atoms with Gasteiger partial charge in [-0.3, -0.25) is 19.3 Å². The van der Waals surface area contributed by atoms with Crippen LogP contribution in [0.4, 0.5) is 5.69 Å². The molecule has 1 N–H and O–H groups in total. The SMILES string of the molecule is N#CCC(=O)Nc1ccc(C(=O)OCCN2C(=O)c3ccccc3C2=O)cc1. The zero-order valence-corrected chi connectivity index (χ0v) is 14.7. The van der Waals surface area contributed by atoms with Crippen LogP contribution in [0.25, 0.3) is 0 Å². The summed E-state index contributed by atoms with van der Waals surface area (Å²) >= 11 is 0. The van der Waals surface area contributed by atoms with Gasteiger partial charge in [0.2, 0.25) is 5.91 Å². The lowest BCUT2D eigenvalue weighted by molar-refractivity contribution is -0.115. The summed E-state index contributed by atoms with van der Waals surface area (Å²) in [5, 5.41) is 11.0. The van der Waals surface area contributed by atoms with E-state index in [1.807, 2.05) is 0 Å². The van der Waals surface area contributed by atoms with Crippen LogP contribution in [0.3, 0.4) is 0 Å². The van der Waals surface area contributed by atoms with E-state index in [0.29, 0.717) is 16.8 Å². The first-order chi connectivity index (χ1) is 13.5. The number of nitrogens with zero attached hydrogens (tertiary/aromatic N) is 2. The lowest BCUT2D eigenvalue weighted by Crippen LogP contribution is -2.33. The van der Waals surface area contributed by atoms with E-state index in [4.69, 9.17) is 10.00 Å². The van der Waals surface area contributed by atoms with Crippen LogP contribution in [-0.2, 0) is 9.53 Å². The van der Waals surface area contributed by atoms with E-state index in [2.05, 4.69) is 5.32 Å². The average molecular weight is 377 g/mol. The molecule has 1 aliphatic rings. The Labute approximate surface area is 160 Å². The van der Waals surface area contributed by atoms with Crippen LogP contribution in [-0.4, -0.2) is 41.7 Å². The van der Waals surface area contributed by atoms with Crippen molar-refractivity contribution >= 4 is 29.4 Å². The molecule has 0 saturated carbocycles. The quantitative estimate of drug-likeness (QED) is 0.608. The zero-order valence-electron chi connectivity index (χ0n) is 14.7. The van der Waals surface area contributed by atoms with Gasteiger partial charge < -0.3 is 10.1 Å². The highest BCUT2D eigenvalue weighted by Crippen LogP contribution is 2.22. The van der Waals surface area contributed by atoms with Gasteiger partial charge in [0.05, 0.1) is 29.3 Å². The van der Waals surface area contributed by atoms with E-state index in [1.54, 1.807) is 30.3 Å². The fourth-order valence-electron chi connectivity index (χ4n) is 2.72. The fraction of sp³-hybridized carbons (Fsp3) is 0.150. The van der Waals surface area contributed by atoms with Crippen LogP contribution in [0, 0.1) is 11.3 Å². The predicted molar refractivity (Wildman–Crippen MR) is 97.4 cm³/mol. The predicted octanol–water partition coefficient (Wildman–Crippen LogP) is 1.99. The van der Waals surface area contributed by atoms with E-state index in [9.17, 15) is 19.2 Å². The van der Waals surface area contributed by atoms with E-state index in [0.717, 1.165) is 4.90 Å². The molecule has 0 bridgehead atoms. The van der Waals surface area contributed by atoms with Crippen molar-refractivity contribution < 1.29 is 23.9 Å². The molecule has 0 spiro atoms. The first kappa shape index (κ1) is 18.8. The standard InChI is InChI=1S/C20H15N3O5/c21-10-9-17(24)22-14-7-5-13(6-8-14)20(27)28-12-11-23-18(25)15-3-1-2-4-16(15)19(23)26/h1-8H,9,11-12H2,(H,22,24). The Hall–Kier alpha value is -3.99. The van der Waals surface area contributed by atoms with Crippen LogP contribution in [0.2, 0.25) is 0 Å². The highest BCUT2D eigenvalue weighted by molar-refractivity contribution is 6.21. The summed E-state index contributed by atoms with van der Waals surface area (Å²) in [6, 6.07) is 14.2. The van der Waals surface area contributed by atoms with Crippen molar-refractivity contribution in [3.8, 4) is 6.07 Å². The van der Waals surface area contributed by atoms with Gasteiger partial charge in [0.25, 0.3) is 11.8 Å². The van der Waals surface area contributed by atoms with E-state index in [-0.39, 0.29) is 25.1 Å². The van der Waals surface area contributed by atoms with Crippen molar-refractivity contribution in [3.05, 3.63) is 65.2 Å². The number of carbonyl (C=O) groups is 4. The van der Waals surface area contributed by atoms with Gasteiger partial charge in [0.1, 0.15) is 13.0 Å². The molecule has 0 radical (unpaired) electrons. The molecule has 3 rings (SSSR count). The number of anilines is 1. The van der Waals surface area contributed by atoms with Gasteiger partial charge in [-0.05, 0) is 36.4 Å². The minimum Gasteiger partial charge on any atom is -0.460 e. The van der Waals surface area contributed by atoms with E-state index < -0.39 is 23.7 Å². The number of benzene rings is 2. The molecule has 0 unspecified atom stereocenters. The summed E-state index contributed by atoms with van der Waals surface area (Å²) < 4.78 is 5.13. The summed E-state index contributed by atoms with van der Waals surface area (Å²) in [4.78, 5) is 49.0. The maximum atomic E-state index is 12.2. The number of rotatable bonds is 6. The highest BCUT2D eigenvalue weighted by atomic mass is 16.5. The molecule has 8 heteroatoms. The fourth-order valence-corrected chi connectivity index (χ4v) is 2.72. The second-order valence-corrected chi connectivity index (χ2v) is 5.90. The van der Waals surface area contributed by atoms with Crippen molar-refractivity contribution in [1.29, 1.82) is 5.26 Å². The lowest BCUT2D eigenvalue weighted by Gasteiger charge is -2.13. The largest absolute Gasteiger partial charge is 0.460 e. The summed E-state index contributed by atoms with van der Waals surface area (Å²) in [7, 11) is 0. The Kier molecular flexibility index (Phi) is 5.46. The number of ether oxygens (including phenoxy) is 1. The average Bonchev–Trinajstić information content (AvgIpc) is 2.94. The first-order valence-electron chi connectivity index (χ1n) is 8.40. The maximum absolute atomic E-state index is 12.2. The van der Waals surface area contributed by atoms with Crippen molar-refractivity contribution in [2.45, 2.75) is 6.42 Å². The monoisotopic (exact) mass is 377 g/mol. The number of esters is 1. The Morgan fingerprint density at radius 1 is 1.00 bits per heavy atom. The highest BCUT2D eigenvalue weighted by Gasteiger charge is 2.34. The van der Waals surface area contributed by atoms with Gasteiger partial charge in [-0.2, -0.15) is 5.26 Å². The van der Waals surface area contributed by atoms with E-state index >= 15 is 0 Å². The van der Waals surface area contributed by atoms with Crippen molar-refractivity contribution in [2.75, 3.05) is 18.5 Å². The molecule has 1 aliphatic heterocycles. The number of hydrogen-bond acceptors (Lipinski definition) is 6. The number of carbonyl (C=O) groups excluding carboxylic acids is 4. The van der Waals surface area contributed by atoms with Gasteiger partial charge in [-0.15, -0.1) is 0 Å². The molecule has 0 aromatic heterocycles. The van der Waals surface area contributed by atoms with Crippen LogP contribution in [0.1, 0.15) is 37.5 Å². The van der Waals surface area contributed by atoms with Crippen LogP contribution >= 0.6 is 0 Å². The molecule has 3 amide bonds. The molecule has 2 aromatic carbocycles. The third-order valence-electron chi connectivity index (χ3n) is 4.07. The van der Waals surface area contributed by atoms with E-state index in [1.165, 1.54) is 24.3 Å². The Bertz CT molecular complexity index is 957. The molecule has 2 aromatic rings. The van der Waals surface area contributed by atoms with Crippen molar-refractivity contribution in [3.63, 3.8) is 0 Å². The summed E-state index contributed by atoms with van der Waals surface area (Å²) in [5.74, 6) is -1.88. The molecular weight excluding hydrogens is 362 g/mol. The van der Waals surface area contributed by atoms with Crippen LogP contribution in [0.15, 0.2) is 48.5 Å². The van der Waals surface area contributed by atoms with Gasteiger partial charge in [-0.1, -0.05) is 12.1 Å². The number of nitrogens with one attached hydrogen (secondary N) is 1. The number of imide groups is 1. The third kappa shape index (κ3) is 3.88. The summed E-state index contributed by atoms with van der Waals surface area (Å²) in [5.41, 5.74) is 1.38. The molecule has 28 heavy (non-hydrogen) atoms. The minimum absolute atomic E-state index is 0.0413. The smallest absolute Gasteiger partial charge is 0.338 e. The van der Waals surface area contributed by atoms with Gasteiger partial charge in [0.15, 0.2) is 0 Å². The second kappa shape index (κ2) is 8.14. The van der Waals surface area contributed by atoms with Crippen LogP contribution in [0.5, 0.6) is 0 Å². The molecule has 140 valence electrons. The minimum atomic E-state index is -0.619. The topological polar surface area (TPSA) is 117 Å². The molecule has 8 nitrogen and oxygen atoms in total. The number of fused-ring (bicyclic) bond motifs is 1. The number of hydrogen-bond donors (Lipinski definition) is 1. The van der Waals surface area contributed by atoms with Gasteiger partial charge >= 0.3 is 5.97 Å². The molecule has 1 heterocycles. The van der Waals surface area contributed by atoms with Gasteiger partial charge in [0, 0.05) is 5.69 Å². The molecular formula is C20H15N3O5. The third-order valence-corrected chi connectivity index (χ3v) is 4.07.